The van der Waals surface area contributed by atoms with Gasteiger partial charge in [-0.25, -0.2) is 9.97 Å². The smallest absolute Gasteiger partial charge is 0.254 e. The fourth-order valence-corrected chi connectivity index (χ4v) is 8.98. The molecule has 1 aromatic carbocycles. The molecule has 0 N–H and O–H groups in total. The van der Waals surface area contributed by atoms with E-state index in [-0.39, 0.29) is 11.5 Å². The molecule has 9 rings (SSSR count). The Balaban J connectivity index is 1.18. The summed E-state index contributed by atoms with van der Waals surface area (Å²) < 4.78 is 16.6. The van der Waals surface area contributed by atoms with Gasteiger partial charge in [0.25, 0.3) is 5.91 Å². The van der Waals surface area contributed by atoms with Crippen LogP contribution in [0.25, 0.3) is 33.6 Å². The minimum atomic E-state index is -0.0641. The minimum absolute atomic E-state index is 0.0641. The molecule has 5 aliphatic rings. The SMILES string of the molecule is COc1cc(C(=O)N2C[C@H]3CC4C[C@@H]2[C@H]43)cc2nc(-c3cc4cccnc4n3CC3CC3)n(CC3CC(C)(OC)C3)c12. The van der Waals surface area contributed by atoms with Crippen LogP contribution in [0.5, 0.6) is 5.75 Å². The van der Waals surface area contributed by atoms with Gasteiger partial charge >= 0.3 is 0 Å². The van der Waals surface area contributed by atoms with Gasteiger partial charge < -0.3 is 23.5 Å². The molecule has 4 atom stereocenters. The Bertz CT molecular complexity index is 1740. The fourth-order valence-electron chi connectivity index (χ4n) is 8.98. The van der Waals surface area contributed by atoms with Crippen molar-refractivity contribution < 1.29 is 14.3 Å². The molecule has 0 radical (unpaired) electrons. The lowest BCUT2D eigenvalue weighted by Gasteiger charge is -2.52. The van der Waals surface area contributed by atoms with Crippen molar-refractivity contribution in [3.8, 4) is 17.3 Å². The number of nitrogens with zero attached hydrogens (tertiary/aromatic N) is 5. The molecule has 0 spiro atoms. The highest BCUT2D eigenvalue weighted by atomic mass is 16.5. The van der Waals surface area contributed by atoms with Crippen molar-refractivity contribution in [2.24, 2.45) is 29.6 Å². The Hall–Kier alpha value is -3.39. The Morgan fingerprint density at radius 3 is 2.62 bits per heavy atom. The zero-order chi connectivity index (χ0) is 28.3. The highest BCUT2D eigenvalue weighted by Gasteiger charge is 2.61. The van der Waals surface area contributed by atoms with Crippen LogP contribution in [0.1, 0.15) is 55.8 Å². The quantitative estimate of drug-likeness (QED) is 0.271. The van der Waals surface area contributed by atoms with Crippen molar-refractivity contribution in [1.29, 1.82) is 0 Å². The Kier molecular flexibility index (Phi) is 5.28. The van der Waals surface area contributed by atoms with Crippen molar-refractivity contribution in [3.05, 3.63) is 42.1 Å². The predicted molar refractivity (Wildman–Crippen MR) is 160 cm³/mol. The van der Waals surface area contributed by atoms with Crippen LogP contribution in [-0.2, 0) is 17.8 Å². The normalized spacial score (nSPS) is 31.1. The summed E-state index contributed by atoms with van der Waals surface area (Å²) >= 11 is 0. The summed E-state index contributed by atoms with van der Waals surface area (Å²) in [6.07, 6.45) is 8.90. The van der Waals surface area contributed by atoms with Gasteiger partial charge in [0.05, 0.1) is 23.9 Å². The maximum atomic E-state index is 13.9. The molecule has 218 valence electrons. The number of hydrogen-bond acceptors (Lipinski definition) is 5. The highest BCUT2D eigenvalue weighted by Crippen LogP contribution is 2.61. The third-order valence-corrected chi connectivity index (χ3v) is 11.4. The molecule has 8 nitrogen and oxygen atoms in total. The number of ether oxygens (including phenoxy) is 2. The Morgan fingerprint density at radius 2 is 1.88 bits per heavy atom. The second kappa shape index (κ2) is 8.82. The first-order chi connectivity index (χ1) is 20.4. The number of likely N-dealkylation sites (tertiary alicyclic amines) is 1. The van der Waals surface area contributed by atoms with Crippen LogP contribution in [0.15, 0.2) is 36.5 Å². The highest BCUT2D eigenvalue weighted by molar-refractivity contribution is 6.00. The standard InChI is InChI=1S/C34H39N5O3/c1-34(42-3)14-20(15-34)17-39-30-25(36-32(39)27-11-21-5-4-8-35-31(21)37(27)16-19-6-7-19)10-23(13-28(30)41-2)33(40)38-18-24-9-22-12-26(38)29(22)24/h4-5,8,10-11,13,19-20,22,24,26,29H,6-7,9,12,14-18H2,1-3H3/t20?,22?,24-,26-,29-,34?/m1/s1. The van der Waals surface area contributed by atoms with Gasteiger partial charge in [-0.1, -0.05) is 0 Å². The van der Waals surface area contributed by atoms with E-state index < -0.39 is 0 Å². The molecule has 0 bridgehead atoms. The predicted octanol–water partition coefficient (Wildman–Crippen LogP) is 5.77. The number of carbonyl (C=O) groups is 1. The van der Waals surface area contributed by atoms with Gasteiger partial charge in [0.15, 0.2) is 5.82 Å². The largest absolute Gasteiger partial charge is 0.494 e. The van der Waals surface area contributed by atoms with Gasteiger partial charge in [0.2, 0.25) is 0 Å². The number of aromatic nitrogens is 4. The molecule has 42 heavy (non-hydrogen) atoms. The summed E-state index contributed by atoms with van der Waals surface area (Å²) in [7, 11) is 3.53. The summed E-state index contributed by atoms with van der Waals surface area (Å²) in [5, 5.41) is 1.13. The Labute approximate surface area is 246 Å². The van der Waals surface area contributed by atoms with Crippen LogP contribution >= 0.6 is 0 Å². The number of fused-ring (bicyclic) bond motifs is 2. The number of benzene rings is 1. The van der Waals surface area contributed by atoms with Gasteiger partial charge in [-0.15, -0.1) is 0 Å². The van der Waals surface area contributed by atoms with Crippen molar-refractivity contribution in [2.75, 3.05) is 20.8 Å². The lowest BCUT2D eigenvalue weighted by molar-refractivity contribution is -0.0937. The molecule has 1 aliphatic heterocycles. The van der Waals surface area contributed by atoms with Crippen LogP contribution in [-0.4, -0.2) is 62.3 Å². The molecule has 4 aromatic rings. The summed E-state index contributed by atoms with van der Waals surface area (Å²) in [6, 6.07) is 10.8. The second-order valence-corrected chi connectivity index (χ2v) is 14.1. The molecule has 1 amide bonds. The average molecular weight is 566 g/mol. The fraction of sp³-hybridized carbons (Fsp3) is 0.559. The van der Waals surface area contributed by atoms with E-state index in [9.17, 15) is 4.79 Å². The molecule has 4 aliphatic carbocycles. The summed E-state index contributed by atoms with van der Waals surface area (Å²) in [6.45, 7) is 4.87. The molecule has 8 heteroatoms. The lowest BCUT2D eigenvalue weighted by atomic mass is 9.53. The van der Waals surface area contributed by atoms with E-state index in [1.807, 2.05) is 31.5 Å². The molecular weight excluding hydrogens is 526 g/mol. The number of imidazole rings is 1. The molecule has 4 saturated carbocycles. The Morgan fingerprint density at radius 1 is 1.05 bits per heavy atom. The van der Waals surface area contributed by atoms with Gasteiger partial charge in [-0.2, -0.15) is 0 Å². The van der Waals surface area contributed by atoms with E-state index in [2.05, 4.69) is 33.1 Å². The molecular formula is C34H39N5O3. The lowest BCUT2D eigenvalue weighted by Crippen LogP contribution is -2.53. The average Bonchev–Trinajstić information content (AvgIpc) is 3.62. The van der Waals surface area contributed by atoms with Crippen molar-refractivity contribution in [1.82, 2.24) is 24.0 Å². The monoisotopic (exact) mass is 565 g/mol. The number of rotatable bonds is 8. The molecule has 1 saturated heterocycles. The topological polar surface area (TPSA) is 74.4 Å². The maximum Gasteiger partial charge on any atom is 0.254 e. The van der Waals surface area contributed by atoms with Crippen LogP contribution in [0, 0.1) is 29.6 Å². The van der Waals surface area contributed by atoms with Crippen molar-refractivity contribution in [3.63, 3.8) is 0 Å². The third kappa shape index (κ3) is 3.60. The summed E-state index contributed by atoms with van der Waals surface area (Å²) in [5.41, 5.74) is 4.52. The van der Waals surface area contributed by atoms with E-state index in [0.29, 0.717) is 29.4 Å². The van der Waals surface area contributed by atoms with E-state index in [4.69, 9.17) is 19.4 Å². The van der Waals surface area contributed by atoms with E-state index in [1.165, 1.54) is 25.7 Å². The zero-order valence-electron chi connectivity index (χ0n) is 24.8. The molecule has 5 fully saturated rings. The van der Waals surface area contributed by atoms with Crippen LogP contribution < -0.4 is 4.74 Å². The van der Waals surface area contributed by atoms with Gasteiger partial charge in [-0.3, -0.25) is 4.79 Å². The zero-order valence-corrected chi connectivity index (χ0v) is 24.8. The third-order valence-electron chi connectivity index (χ3n) is 11.4. The first kappa shape index (κ1) is 25.1. The van der Waals surface area contributed by atoms with Gasteiger partial charge in [0, 0.05) is 49.9 Å². The minimum Gasteiger partial charge on any atom is -0.494 e. The summed E-state index contributed by atoms with van der Waals surface area (Å²) in [5.74, 6) is 5.25. The van der Waals surface area contributed by atoms with Crippen molar-refractivity contribution >= 4 is 28.0 Å². The van der Waals surface area contributed by atoms with Gasteiger partial charge in [-0.05, 0) is 105 Å². The number of hydrogen-bond donors (Lipinski definition) is 0. The maximum absolute atomic E-state index is 13.9. The number of pyridine rings is 1. The molecule has 3 aromatic heterocycles. The second-order valence-electron chi connectivity index (χ2n) is 14.1. The molecule has 1 unspecified atom stereocenters. The van der Waals surface area contributed by atoms with E-state index in [0.717, 1.165) is 83.6 Å². The van der Waals surface area contributed by atoms with Crippen LogP contribution in [0.2, 0.25) is 0 Å². The molecule has 4 heterocycles. The van der Waals surface area contributed by atoms with E-state index in [1.54, 1.807) is 7.11 Å². The summed E-state index contributed by atoms with van der Waals surface area (Å²) in [4.78, 5) is 26.2. The first-order valence-electron chi connectivity index (χ1n) is 15.8. The number of carbonyl (C=O) groups excluding carboxylic acids is 1. The number of methoxy groups -OCH3 is 2. The van der Waals surface area contributed by atoms with Crippen LogP contribution in [0.3, 0.4) is 0 Å². The first-order valence-corrected chi connectivity index (χ1v) is 15.8. The van der Waals surface area contributed by atoms with Crippen LogP contribution in [0.4, 0.5) is 0 Å². The van der Waals surface area contributed by atoms with E-state index >= 15 is 0 Å². The number of amides is 1. The van der Waals surface area contributed by atoms with Crippen molar-refractivity contribution in [2.45, 2.75) is 70.2 Å². The van der Waals surface area contributed by atoms with Gasteiger partial charge in [0.1, 0.15) is 16.9 Å².